The van der Waals surface area contributed by atoms with Crippen LogP contribution in [-0.4, -0.2) is 29.9 Å². The van der Waals surface area contributed by atoms with Gasteiger partial charge in [0, 0.05) is 43.4 Å². The van der Waals surface area contributed by atoms with Crippen LogP contribution in [0.5, 0.6) is 0 Å². The molecule has 0 saturated carbocycles. The largest absolute Gasteiger partial charge is 0.356 e. The first-order chi connectivity index (χ1) is 13.3. The molecule has 3 rings (SSSR count). The Labute approximate surface area is 162 Å². The first-order valence-electron chi connectivity index (χ1n) is 9.36. The van der Waals surface area contributed by atoms with Gasteiger partial charge in [-0.2, -0.15) is 0 Å². The zero-order valence-electron chi connectivity index (χ0n) is 16.1. The Morgan fingerprint density at radius 3 is 2.75 bits per heavy atom. The highest BCUT2D eigenvalue weighted by Gasteiger charge is 2.33. The van der Waals surface area contributed by atoms with Crippen LogP contribution >= 0.6 is 0 Å². The second-order valence-corrected chi connectivity index (χ2v) is 7.26. The molecule has 0 aliphatic carbocycles. The third-order valence-corrected chi connectivity index (χ3v) is 5.09. The topological polar surface area (TPSA) is 45.2 Å². The molecule has 0 unspecified atom stereocenters. The van der Waals surface area contributed by atoms with Crippen LogP contribution in [0.4, 0.5) is 24.7 Å². The van der Waals surface area contributed by atoms with Gasteiger partial charge in [-0.05, 0) is 43.5 Å². The lowest BCUT2D eigenvalue weighted by atomic mass is 10.0. The van der Waals surface area contributed by atoms with Crippen LogP contribution in [0.1, 0.15) is 46.3 Å². The van der Waals surface area contributed by atoms with Crippen molar-refractivity contribution in [2.24, 2.45) is 0 Å². The van der Waals surface area contributed by atoms with E-state index in [2.05, 4.69) is 10.3 Å². The third-order valence-electron chi connectivity index (χ3n) is 5.09. The second kappa shape index (κ2) is 8.20. The van der Waals surface area contributed by atoms with Crippen molar-refractivity contribution < 1.29 is 18.0 Å². The van der Waals surface area contributed by atoms with Crippen LogP contribution < -0.4 is 10.2 Å². The summed E-state index contributed by atoms with van der Waals surface area (Å²) in [6.07, 6.45) is 1.21. The van der Waals surface area contributed by atoms with E-state index < -0.39 is 18.5 Å². The van der Waals surface area contributed by atoms with Gasteiger partial charge in [-0.25, -0.2) is 18.2 Å². The summed E-state index contributed by atoms with van der Waals surface area (Å²) in [4.78, 5) is 19.0. The van der Waals surface area contributed by atoms with Crippen molar-refractivity contribution in [2.75, 3.05) is 23.3 Å². The standard InChI is InChI=1S/C21H24F3N3O/c1-14-5-3-6-17(11-14)26-20(28)18-15(2)16(12-22)13-25-19(18)27-9-4-7-21(23,24)8-10-27/h3,5-6,11,13H,4,7-10,12H2,1-2H3,(H,26,28). The molecule has 28 heavy (non-hydrogen) atoms. The Hall–Kier alpha value is -2.57. The maximum absolute atomic E-state index is 13.8. The van der Waals surface area contributed by atoms with E-state index in [1.54, 1.807) is 17.9 Å². The van der Waals surface area contributed by atoms with E-state index in [1.165, 1.54) is 6.20 Å². The molecule has 0 radical (unpaired) electrons. The Morgan fingerprint density at radius 1 is 1.25 bits per heavy atom. The molecule has 1 N–H and O–H groups in total. The third kappa shape index (κ3) is 4.46. The van der Waals surface area contributed by atoms with Gasteiger partial charge in [-0.15, -0.1) is 0 Å². The Morgan fingerprint density at radius 2 is 2.04 bits per heavy atom. The van der Waals surface area contributed by atoms with Gasteiger partial charge < -0.3 is 10.2 Å². The van der Waals surface area contributed by atoms with Crippen LogP contribution in [0.25, 0.3) is 0 Å². The highest BCUT2D eigenvalue weighted by atomic mass is 19.3. The van der Waals surface area contributed by atoms with Gasteiger partial charge in [-0.1, -0.05) is 12.1 Å². The molecule has 7 heteroatoms. The summed E-state index contributed by atoms with van der Waals surface area (Å²) in [5.74, 6) is -2.80. The predicted octanol–water partition coefficient (Wildman–Crippen LogP) is 5.05. The number of alkyl halides is 3. The van der Waals surface area contributed by atoms with Gasteiger partial charge in [0.25, 0.3) is 5.91 Å². The minimum Gasteiger partial charge on any atom is -0.356 e. The molecule has 1 aliphatic rings. The lowest BCUT2D eigenvalue weighted by Crippen LogP contribution is -2.30. The molecule has 2 heterocycles. The fourth-order valence-corrected chi connectivity index (χ4v) is 3.47. The molecule has 1 aromatic carbocycles. The Balaban J connectivity index is 1.97. The molecule has 1 amide bonds. The number of benzene rings is 1. The highest BCUT2D eigenvalue weighted by molar-refractivity contribution is 6.08. The monoisotopic (exact) mass is 391 g/mol. The van der Waals surface area contributed by atoms with Crippen molar-refractivity contribution in [3.63, 3.8) is 0 Å². The second-order valence-electron chi connectivity index (χ2n) is 7.26. The molecule has 0 spiro atoms. The molecular weight excluding hydrogens is 367 g/mol. The first kappa shape index (κ1) is 20.2. The van der Waals surface area contributed by atoms with Crippen molar-refractivity contribution in [2.45, 2.75) is 45.7 Å². The molecule has 150 valence electrons. The number of hydrogen-bond acceptors (Lipinski definition) is 3. The fraction of sp³-hybridized carbons (Fsp3) is 0.429. The molecule has 1 fully saturated rings. The van der Waals surface area contributed by atoms with Gasteiger partial charge in [0.1, 0.15) is 12.5 Å². The summed E-state index contributed by atoms with van der Waals surface area (Å²) >= 11 is 0. The molecule has 2 aromatic rings. The minimum atomic E-state index is -2.72. The van der Waals surface area contributed by atoms with E-state index in [4.69, 9.17) is 0 Å². The van der Waals surface area contributed by atoms with E-state index in [9.17, 15) is 18.0 Å². The van der Waals surface area contributed by atoms with Gasteiger partial charge in [0.15, 0.2) is 0 Å². The zero-order valence-corrected chi connectivity index (χ0v) is 16.1. The molecule has 1 saturated heterocycles. The number of hydrogen-bond donors (Lipinski definition) is 1. The average Bonchev–Trinajstić information content (AvgIpc) is 2.82. The lowest BCUT2D eigenvalue weighted by molar-refractivity contribution is -0.0102. The van der Waals surface area contributed by atoms with E-state index in [0.717, 1.165) is 5.56 Å². The van der Waals surface area contributed by atoms with Crippen molar-refractivity contribution in [3.8, 4) is 0 Å². The summed E-state index contributed by atoms with van der Waals surface area (Å²) in [6, 6.07) is 7.32. The van der Waals surface area contributed by atoms with Gasteiger partial charge in [0.2, 0.25) is 5.92 Å². The van der Waals surface area contributed by atoms with E-state index in [-0.39, 0.29) is 24.9 Å². The number of nitrogens with zero attached hydrogens (tertiary/aromatic N) is 2. The van der Waals surface area contributed by atoms with Gasteiger partial charge in [0.05, 0.1) is 5.56 Å². The number of rotatable bonds is 4. The average molecular weight is 391 g/mol. The van der Waals surface area contributed by atoms with Crippen LogP contribution in [0.3, 0.4) is 0 Å². The quantitative estimate of drug-likeness (QED) is 0.794. The molecule has 0 bridgehead atoms. The maximum Gasteiger partial charge on any atom is 0.259 e. The SMILES string of the molecule is Cc1cccc(NC(=O)c2c(N3CCCC(F)(F)CC3)ncc(CF)c2C)c1. The van der Waals surface area contributed by atoms with Crippen LogP contribution in [0.15, 0.2) is 30.5 Å². The van der Waals surface area contributed by atoms with Gasteiger partial charge >= 0.3 is 0 Å². The lowest BCUT2D eigenvalue weighted by Gasteiger charge is -2.25. The summed E-state index contributed by atoms with van der Waals surface area (Å²) in [7, 11) is 0. The fourth-order valence-electron chi connectivity index (χ4n) is 3.47. The normalized spacial score (nSPS) is 16.5. The Kier molecular flexibility index (Phi) is 5.91. The van der Waals surface area contributed by atoms with Crippen molar-refractivity contribution in [1.29, 1.82) is 0 Å². The molecular formula is C21H24F3N3O. The number of carbonyl (C=O) groups is 1. The predicted molar refractivity (Wildman–Crippen MR) is 104 cm³/mol. The summed E-state index contributed by atoms with van der Waals surface area (Å²) in [6.45, 7) is 3.30. The smallest absolute Gasteiger partial charge is 0.259 e. The van der Waals surface area contributed by atoms with Crippen molar-refractivity contribution >= 4 is 17.4 Å². The van der Waals surface area contributed by atoms with Crippen LogP contribution in [0.2, 0.25) is 0 Å². The number of anilines is 2. The highest BCUT2D eigenvalue weighted by Crippen LogP contribution is 2.32. The molecule has 4 nitrogen and oxygen atoms in total. The maximum atomic E-state index is 13.8. The summed E-state index contributed by atoms with van der Waals surface area (Å²) < 4.78 is 40.9. The number of halogens is 3. The molecule has 1 aromatic heterocycles. The van der Waals surface area contributed by atoms with Crippen LogP contribution in [-0.2, 0) is 6.67 Å². The number of pyridine rings is 1. The van der Waals surface area contributed by atoms with Crippen LogP contribution in [0, 0.1) is 13.8 Å². The summed E-state index contributed by atoms with van der Waals surface area (Å²) in [5.41, 5.74) is 2.64. The van der Waals surface area contributed by atoms with Crippen molar-refractivity contribution in [1.82, 2.24) is 4.98 Å². The van der Waals surface area contributed by atoms with E-state index in [1.807, 2.05) is 25.1 Å². The Bertz CT molecular complexity index is 870. The van der Waals surface area contributed by atoms with E-state index in [0.29, 0.717) is 35.6 Å². The number of aryl methyl sites for hydroxylation is 1. The number of carbonyl (C=O) groups excluding carboxylic acids is 1. The zero-order chi connectivity index (χ0) is 20.3. The number of nitrogens with one attached hydrogen (secondary N) is 1. The van der Waals surface area contributed by atoms with Crippen molar-refractivity contribution in [3.05, 3.63) is 52.7 Å². The number of amides is 1. The van der Waals surface area contributed by atoms with Gasteiger partial charge in [-0.3, -0.25) is 4.79 Å². The number of aromatic nitrogens is 1. The minimum absolute atomic E-state index is 0.0964. The van der Waals surface area contributed by atoms with E-state index >= 15 is 0 Å². The summed E-state index contributed by atoms with van der Waals surface area (Å²) in [5, 5.41) is 2.83. The molecule has 0 atom stereocenters. The first-order valence-corrected chi connectivity index (χ1v) is 9.36. The molecule has 1 aliphatic heterocycles.